The highest BCUT2D eigenvalue weighted by molar-refractivity contribution is 5.69. The minimum absolute atomic E-state index is 0.483. The Hall–Kier alpha value is -2.49. The van der Waals surface area contributed by atoms with Crippen molar-refractivity contribution < 1.29 is 0 Å². The minimum Gasteiger partial charge on any atom is -0.309 e. The van der Waals surface area contributed by atoms with Crippen LogP contribution in [0.4, 0.5) is 0 Å². The van der Waals surface area contributed by atoms with Crippen molar-refractivity contribution in [3.63, 3.8) is 0 Å². The van der Waals surface area contributed by atoms with Gasteiger partial charge in [0, 0.05) is 23.8 Å². The van der Waals surface area contributed by atoms with Crippen molar-refractivity contribution in [3.8, 4) is 11.3 Å². The molecule has 0 aliphatic heterocycles. The van der Waals surface area contributed by atoms with E-state index in [-0.39, 0.29) is 0 Å². The Kier molecular flexibility index (Phi) is 8.98. The van der Waals surface area contributed by atoms with Gasteiger partial charge in [-0.05, 0) is 119 Å². The lowest BCUT2D eigenvalue weighted by Gasteiger charge is -2.34. The SMILES string of the molecule is CCc1cccc(CC)c1-c1cc(CCCN(C)C)c(CN(C)C2CCCc3ccccc32)c(C)n1. The molecule has 0 saturated carbocycles. The van der Waals surface area contributed by atoms with Crippen LogP contribution < -0.4 is 0 Å². The number of aromatic nitrogens is 1. The van der Waals surface area contributed by atoms with Crippen LogP contribution in [0.25, 0.3) is 11.3 Å². The van der Waals surface area contributed by atoms with Crippen molar-refractivity contribution >= 4 is 0 Å². The Morgan fingerprint density at radius 3 is 2.33 bits per heavy atom. The molecule has 4 rings (SSSR count). The molecule has 0 spiro atoms. The molecule has 36 heavy (non-hydrogen) atoms. The third kappa shape index (κ3) is 5.90. The van der Waals surface area contributed by atoms with Gasteiger partial charge >= 0.3 is 0 Å². The van der Waals surface area contributed by atoms with Crippen LogP contribution in [0.5, 0.6) is 0 Å². The number of pyridine rings is 1. The molecule has 1 heterocycles. The van der Waals surface area contributed by atoms with Crippen LogP contribution >= 0.6 is 0 Å². The number of hydrogen-bond acceptors (Lipinski definition) is 3. The first kappa shape index (κ1) is 26.6. The molecule has 0 N–H and O–H groups in total. The van der Waals surface area contributed by atoms with Gasteiger partial charge in [-0.1, -0.05) is 56.3 Å². The Morgan fingerprint density at radius 2 is 1.64 bits per heavy atom. The second-order valence-corrected chi connectivity index (χ2v) is 10.8. The van der Waals surface area contributed by atoms with Gasteiger partial charge in [-0.3, -0.25) is 9.88 Å². The topological polar surface area (TPSA) is 19.4 Å². The lowest BCUT2D eigenvalue weighted by Crippen LogP contribution is -2.28. The van der Waals surface area contributed by atoms with E-state index in [9.17, 15) is 0 Å². The molecule has 0 amide bonds. The fourth-order valence-electron chi connectivity index (χ4n) is 6.04. The summed E-state index contributed by atoms with van der Waals surface area (Å²) in [5, 5.41) is 0. The maximum Gasteiger partial charge on any atom is 0.0713 e. The first-order valence-corrected chi connectivity index (χ1v) is 14.0. The van der Waals surface area contributed by atoms with Crippen LogP contribution in [-0.4, -0.2) is 42.5 Å². The summed E-state index contributed by atoms with van der Waals surface area (Å²) in [5.74, 6) is 0. The summed E-state index contributed by atoms with van der Waals surface area (Å²) in [6.45, 7) is 8.80. The fourth-order valence-corrected chi connectivity index (χ4v) is 6.04. The molecular formula is C33H45N3. The first-order chi connectivity index (χ1) is 17.4. The van der Waals surface area contributed by atoms with Gasteiger partial charge in [-0.15, -0.1) is 0 Å². The summed E-state index contributed by atoms with van der Waals surface area (Å²) < 4.78 is 0. The van der Waals surface area contributed by atoms with Crippen molar-refractivity contribution in [2.45, 2.75) is 78.3 Å². The molecule has 1 atom stereocenters. The normalized spacial score (nSPS) is 15.5. The highest BCUT2D eigenvalue weighted by Crippen LogP contribution is 2.36. The van der Waals surface area contributed by atoms with Crippen molar-refractivity contribution in [2.75, 3.05) is 27.7 Å². The molecule has 1 aromatic heterocycles. The summed E-state index contributed by atoms with van der Waals surface area (Å²) in [5.41, 5.74) is 12.5. The third-order valence-corrected chi connectivity index (χ3v) is 8.01. The zero-order valence-electron chi connectivity index (χ0n) is 23.4. The molecule has 1 aliphatic carbocycles. The molecule has 1 unspecified atom stereocenters. The number of hydrogen-bond donors (Lipinski definition) is 0. The van der Waals surface area contributed by atoms with Crippen LogP contribution in [-0.2, 0) is 32.2 Å². The van der Waals surface area contributed by atoms with E-state index in [2.05, 4.69) is 100 Å². The number of fused-ring (bicyclic) bond motifs is 1. The largest absolute Gasteiger partial charge is 0.309 e. The standard InChI is InChI=1S/C33H45N3/c1-7-25-15-11-16-26(8-2)33(25)31-22-28(18-13-21-35(4)5)30(24(3)34-31)23-36(6)32-20-12-17-27-14-9-10-19-29(27)32/h9-11,14-16,19,22,32H,7-8,12-13,17-18,20-21,23H2,1-6H3. The zero-order chi connectivity index (χ0) is 25.7. The van der Waals surface area contributed by atoms with Crippen molar-refractivity contribution in [2.24, 2.45) is 0 Å². The van der Waals surface area contributed by atoms with E-state index in [1.165, 1.54) is 63.9 Å². The molecule has 0 bridgehead atoms. The van der Waals surface area contributed by atoms with Gasteiger partial charge in [-0.2, -0.15) is 0 Å². The Morgan fingerprint density at radius 1 is 0.917 bits per heavy atom. The molecule has 3 nitrogen and oxygen atoms in total. The number of nitrogens with zero attached hydrogens (tertiary/aromatic N) is 3. The van der Waals surface area contributed by atoms with E-state index in [4.69, 9.17) is 4.98 Å². The summed E-state index contributed by atoms with van der Waals surface area (Å²) in [7, 11) is 6.65. The van der Waals surface area contributed by atoms with E-state index in [0.717, 1.165) is 44.5 Å². The Labute approximate surface area is 219 Å². The van der Waals surface area contributed by atoms with Gasteiger partial charge in [0.1, 0.15) is 0 Å². The average molecular weight is 484 g/mol. The second-order valence-electron chi connectivity index (χ2n) is 10.8. The predicted octanol–water partition coefficient (Wildman–Crippen LogP) is 7.19. The molecule has 2 aromatic carbocycles. The van der Waals surface area contributed by atoms with Gasteiger partial charge in [0.05, 0.1) is 5.69 Å². The summed E-state index contributed by atoms with van der Waals surface area (Å²) >= 11 is 0. The van der Waals surface area contributed by atoms with E-state index in [1.807, 2.05) is 0 Å². The highest BCUT2D eigenvalue weighted by Gasteiger charge is 2.25. The number of benzene rings is 2. The average Bonchev–Trinajstić information content (AvgIpc) is 2.89. The molecule has 3 aromatic rings. The monoisotopic (exact) mass is 483 g/mol. The van der Waals surface area contributed by atoms with Gasteiger partial charge < -0.3 is 4.90 Å². The van der Waals surface area contributed by atoms with Crippen LogP contribution in [0.2, 0.25) is 0 Å². The third-order valence-electron chi connectivity index (χ3n) is 8.01. The highest BCUT2D eigenvalue weighted by atomic mass is 15.1. The molecule has 3 heteroatoms. The van der Waals surface area contributed by atoms with Crippen LogP contribution in [0.1, 0.15) is 78.2 Å². The molecule has 0 fully saturated rings. The maximum atomic E-state index is 5.27. The summed E-state index contributed by atoms with van der Waals surface area (Å²) in [6.07, 6.45) is 8.03. The van der Waals surface area contributed by atoms with Crippen LogP contribution in [0, 0.1) is 6.92 Å². The zero-order valence-corrected chi connectivity index (χ0v) is 23.4. The Balaban J connectivity index is 1.71. The number of rotatable bonds is 10. The minimum atomic E-state index is 0.483. The van der Waals surface area contributed by atoms with Gasteiger partial charge in [0.25, 0.3) is 0 Å². The molecule has 1 aliphatic rings. The van der Waals surface area contributed by atoms with Crippen LogP contribution in [0.15, 0.2) is 48.5 Å². The summed E-state index contributed by atoms with van der Waals surface area (Å²) in [4.78, 5) is 10.1. The second kappa shape index (κ2) is 12.2. The van der Waals surface area contributed by atoms with Gasteiger partial charge in [0.2, 0.25) is 0 Å². The lowest BCUT2D eigenvalue weighted by molar-refractivity contribution is 0.212. The maximum absolute atomic E-state index is 5.27. The summed E-state index contributed by atoms with van der Waals surface area (Å²) in [6, 6.07) is 18.7. The van der Waals surface area contributed by atoms with E-state index in [0.29, 0.717) is 6.04 Å². The van der Waals surface area contributed by atoms with Crippen molar-refractivity contribution in [3.05, 3.63) is 87.6 Å². The van der Waals surface area contributed by atoms with Crippen molar-refractivity contribution in [1.82, 2.24) is 14.8 Å². The fraction of sp³-hybridized carbons (Fsp3) is 0.485. The van der Waals surface area contributed by atoms with E-state index in [1.54, 1.807) is 0 Å². The number of aryl methyl sites for hydroxylation is 5. The van der Waals surface area contributed by atoms with Crippen molar-refractivity contribution in [1.29, 1.82) is 0 Å². The van der Waals surface area contributed by atoms with Crippen LogP contribution in [0.3, 0.4) is 0 Å². The molecule has 0 radical (unpaired) electrons. The van der Waals surface area contributed by atoms with E-state index < -0.39 is 0 Å². The molecule has 192 valence electrons. The first-order valence-electron chi connectivity index (χ1n) is 14.0. The molecule has 0 saturated heterocycles. The smallest absolute Gasteiger partial charge is 0.0713 e. The predicted molar refractivity (Wildman–Crippen MR) is 154 cm³/mol. The van der Waals surface area contributed by atoms with E-state index >= 15 is 0 Å². The lowest BCUT2D eigenvalue weighted by atomic mass is 9.86. The van der Waals surface area contributed by atoms with Gasteiger partial charge in [-0.25, -0.2) is 0 Å². The quantitative estimate of drug-likeness (QED) is 0.304. The molecular weight excluding hydrogens is 438 g/mol. The Bertz CT molecular complexity index is 1140. The van der Waals surface area contributed by atoms with Gasteiger partial charge in [0.15, 0.2) is 0 Å².